The van der Waals surface area contributed by atoms with E-state index in [-0.39, 0.29) is 12.2 Å². The van der Waals surface area contributed by atoms with E-state index in [0.29, 0.717) is 18.4 Å². The Hall–Kier alpha value is -2.00. The molecule has 2 aliphatic rings. The average Bonchev–Trinajstić information content (AvgIpc) is 2.81. The fraction of sp³-hybridized carbons (Fsp3) is 0.538. The van der Waals surface area contributed by atoms with E-state index in [0.717, 1.165) is 41.7 Å². The second-order valence-corrected chi connectivity index (χ2v) is 9.32. The van der Waals surface area contributed by atoms with Crippen LogP contribution in [0.5, 0.6) is 5.75 Å². The van der Waals surface area contributed by atoms with Gasteiger partial charge in [-0.15, -0.1) is 0 Å². The molecule has 0 amide bonds. The first-order valence-corrected chi connectivity index (χ1v) is 11.7. The van der Waals surface area contributed by atoms with E-state index >= 15 is 0 Å². The summed E-state index contributed by atoms with van der Waals surface area (Å²) >= 11 is 0. The molecule has 1 heterocycles. The Balaban J connectivity index is 1.46. The Kier molecular flexibility index (Phi) is 7.69. The van der Waals surface area contributed by atoms with Gasteiger partial charge in [-0.1, -0.05) is 30.3 Å². The summed E-state index contributed by atoms with van der Waals surface area (Å²) in [5.74, 6) is 0.796. The summed E-state index contributed by atoms with van der Waals surface area (Å²) in [6, 6.07) is 13.7. The molecule has 0 spiro atoms. The zero-order valence-corrected chi connectivity index (χ0v) is 18.9. The van der Waals surface area contributed by atoms with Gasteiger partial charge in [-0.25, -0.2) is 0 Å². The number of aryl methyl sites for hydroxylation is 1. The van der Waals surface area contributed by atoms with E-state index in [9.17, 15) is 25.5 Å². The van der Waals surface area contributed by atoms with Crippen LogP contribution in [0.4, 0.5) is 0 Å². The van der Waals surface area contributed by atoms with E-state index in [1.165, 1.54) is 0 Å². The lowest BCUT2D eigenvalue weighted by molar-refractivity contribution is -0.231. The second-order valence-electron chi connectivity index (χ2n) is 9.32. The van der Waals surface area contributed by atoms with Gasteiger partial charge in [0.15, 0.2) is 0 Å². The summed E-state index contributed by atoms with van der Waals surface area (Å²) < 4.78 is 11.7. The van der Waals surface area contributed by atoms with Crippen LogP contribution in [-0.2, 0) is 11.2 Å². The third kappa shape index (κ3) is 5.57. The van der Waals surface area contributed by atoms with Gasteiger partial charge >= 0.3 is 0 Å². The van der Waals surface area contributed by atoms with Crippen LogP contribution >= 0.6 is 0 Å². The molecule has 1 saturated heterocycles. The van der Waals surface area contributed by atoms with Gasteiger partial charge in [-0.05, 0) is 67.0 Å². The molecule has 1 aliphatic carbocycles. The van der Waals surface area contributed by atoms with Crippen molar-refractivity contribution in [2.45, 2.75) is 81.8 Å². The zero-order chi connectivity index (χ0) is 23.5. The molecule has 2 aromatic carbocycles. The van der Waals surface area contributed by atoms with Gasteiger partial charge < -0.3 is 35.0 Å². The third-order valence-electron chi connectivity index (χ3n) is 6.81. The van der Waals surface area contributed by atoms with Gasteiger partial charge in [0.1, 0.15) is 42.4 Å². The third-order valence-corrected chi connectivity index (χ3v) is 6.81. The highest BCUT2D eigenvalue weighted by Gasteiger charge is 2.44. The molecule has 33 heavy (non-hydrogen) atoms. The second kappa shape index (κ2) is 10.5. The Labute approximate surface area is 194 Å². The molecule has 0 radical (unpaired) electrons. The summed E-state index contributed by atoms with van der Waals surface area (Å²) in [6.07, 6.45) is -1.95. The SMILES string of the molecule is Cc1ccc([C@@H]2O[C@H](CO)[C@@H](O)[C@H](O)[C@H]2O)cc1Cc1ccc(OC2CCC[C@@H](O)C2)cc1. The lowest BCUT2D eigenvalue weighted by Gasteiger charge is -2.40. The lowest BCUT2D eigenvalue weighted by atomic mass is 9.89. The van der Waals surface area contributed by atoms with Crippen LogP contribution < -0.4 is 4.74 Å². The molecule has 2 fully saturated rings. The van der Waals surface area contributed by atoms with Crippen LogP contribution in [0.1, 0.15) is 54.0 Å². The average molecular weight is 459 g/mol. The van der Waals surface area contributed by atoms with Crippen molar-refractivity contribution in [1.82, 2.24) is 0 Å². The molecular weight excluding hydrogens is 424 g/mol. The van der Waals surface area contributed by atoms with Gasteiger partial charge in [0, 0.05) is 6.42 Å². The van der Waals surface area contributed by atoms with Gasteiger partial charge in [0.05, 0.1) is 12.7 Å². The minimum Gasteiger partial charge on any atom is -0.490 e. The highest BCUT2D eigenvalue weighted by molar-refractivity contribution is 5.38. The van der Waals surface area contributed by atoms with Crippen molar-refractivity contribution in [1.29, 1.82) is 0 Å². The number of hydrogen-bond acceptors (Lipinski definition) is 7. The van der Waals surface area contributed by atoms with Gasteiger partial charge in [-0.2, -0.15) is 0 Å². The van der Waals surface area contributed by atoms with Crippen molar-refractivity contribution in [2.75, 3.05) is 6.61 Å². The molecular formula is C26H34O7. The maximum atomic E-state index is 10.5. The number of aliphatic hydroxyl groups excluding tert-OH is 5. The largest absolute Gasteiger partial charge is 0.490 e. The number of ether oxygens (including phenoxy) is 2. The summed E-state index contributed by atoms with van der Waals surface area (Å²) in [6.45, 7) is 1.56. The minimum absolute atomic E-state index is 0.0528. The predicted molar refractivity (Wildman–Crippen MR) is 122 cm³/mol. The first-order valence-electron chi connectivity index (χ1n) is 11.7. The maximum Gasteiger partial charge on any atom is 0.119 e. The van der Waals surface area contributed by atoms with Crippen molar-refractivity contribution >= 4 is 0 Å². The first-order chi connectivity index (χ1) is 15.9. The van der Waals surface area contributed by atoms with Crippen molar-refractivity contribution in [2.24, 2.45) is 0 Å². The molecule has 1 saturated carbocycles. The quantitative estimate of drug-likeness (QED) is 0.448. The van der Waals surface area contributed by atoms with Crippen LogP contribution in [0, 0.1) is 6.92 Å². The molecule has 4 rings (SSSR count). The molecule has 0 bridgehead atoms. The van der Waals surface area contributed by atoms with Gasteiger partial charge in [0.25, 0.3) is 0 Å². The molecule has 2 aromatic rings. The zero-order valence-electron chi connectivity index (χ0n) is 18.9. The summed E-state index contributed by atoms with van der Waals surface area (Å²) in [5.41, 5.74) is 3.91. The predicted octanol–water partition coefficient (Wildman–Crippen LogP) is 1.78. The summed E-state index contributed by atoms with van der Waals surface area (Å²) in [7, 11) is 0. The lowest BCUT2D eigenvalue weighted by Crippen LogP contribution is -2.55. The van der Waals surface area contributed by atoms with Gasteiger partial charge in [0.2, 0.25) is 0 Å². The van der Waals surface area contributed by atoms with E-state index in [1.54, 1.807) is 0 Å². The van der Waals surface area contributed by atoms with Crippen molar-refractivity contribution in [3.63, 3.8) is 0 Å². The smallest absolute Gasteiger partial charge is 0.119 e. The van der Waals surface area contributed by atoms with E-state index in [2.05, 4.69) is 0 Å². The van der Waals surface area contributed by atoms with E-state index in [4.69, 9.17) is 9.47 Å². The number of rotatable bonds is 6. The Bertz CT molecular complexity index is 913. The molecule has 7 heteroatoms. The van der Waals surface area contributed by atoms with Crippen LogP contribution in [0.2, 0.25) is 0 Å². The molecule has 1 unspecified atom stereocenters. The van der Waals surface area contributed by atoms with Crippen LogP contribution in [-0.4, -0.2) is 68.8 Å². The van der Waals surface area contributed by atoms with Crippen LogP contribution in [0.25, 0.3) is 0 Å². The highest BCUT2D eigenvalue weighted by atomic mass is 16.5. The van der Waals surface area contributed by atoms with E-state index < -0.39 is 37.1 Å². The highest BCUT2D eigenvalue weighted by Crippen LogP contribution is 2.33. The molecule has 7 atom stereocenters. The van der Waals surface area contributed by atoms with Crippen molar-refractivity contribution < 1.29 is 35.0 Å². The van der Waals surface area contributed by atoms with Crippen molar-refractivity contribution in [3.05, 3.63) is 64.7 Å². The Morgan fingerprint density at radius 3 is 2.39 bits per heavy atom. The topological polar surface area (TPSA) is 120 Å². The Morgan fingerprint density at radius 2 is 1.70 bits per heavy atom. The number of aliphatic hydroxyl groups is 5. The standard InChI is InChI=1S/C26H34O7/c1-15-5-8-17(26-25(31)24(30)23(29)22(14-27)33-26)12-18(15)11-16-6-9-20(10-7-16)32-21-4-2-3-19(28)13-21/h5-10,12,19,21-31H,2-4,11,13-14H2,1H3/t19-,21?,22-,23-,24+,25-,26+/m1/s1. The normalized spacial score (nSPS) is 32.5. The molecule has 0 aromatic heterocycles. The monoisotopic (exact) mass is 458 g/mol. The number of hydrogen-bond donors (Lipinski definition) is 5. The molecule has 5 N–H and O–H groups in total. The molecule has 7 nitrogen and oxygen atoms in total. The van der Waals surface area contributed by atoms with Crippen LogP contribution in [0.3, 0.4) is 0 Å². The van der Waals surface area contributed by atoms with E-state index in [1.807, 2.05) is 49.4 Å². The number of benzene rings is 2. The maximum absolute atomic E-state index is 10.5. The minimum atomic E-state index is -1.40. The molecule has 1 aliphatic heterocycles. The summed E-state index contributed by atoms with van der Waals surface area (Å²) in [4.78, 5) is 0. The summed E-state index contributed by atoms with van der Waals surface area (Å²) in [5, 5.41) is 49.9. The fourth-order valence-corrected chi connectivity index (χ4v) is 4.76. The van der Waals surface area contributed by atoms with Crippen LogP contribution in [0.15, 0.2) is 42.5 Å². The Morgan fingerprint density at radius 1 is 0.939 bits per heavy atom. The first kappa shape index (κ1) is 24.1. The fourth-order valence-electron chi connectivity index (χ4n) is 4.76. The van der Waals surface area contributed by atoms with Gasteiger partial charge in [-0.3, -0.25) is 0 Å². The molecule has 180 valence electrons. The van der Waals surface area contributed by atoms with Crippen molar-refractivity contribution in [3.8, 4) is 5.75 Å².